The lowest BCUT2D eigenvalue weighted by Gasteiger charge is -2.31. The predicted molar refractivity (Wildman–Crippen MR) is 86.0 cm³/mol. The van der Waals surface area contributed by atoms with E-state index in [1.54, 1.807) is 0 Å². The van der Waals surface area contributed by atoms with Gasteiger partial charge in [0.25, 0.3) is 0 Å². The summed E-state index contributed by atoms with van der Waals surface area (Å²) in [5.74, 6) is 0. The molecule has 0 heterocycles. The number of carbonyl (C=O) groups is 1. The smallest absolute Gasteiger partial charge is 0.407 e. The van der Waals surface area contributed by atoms with Gasteiger partial charge in [0.15, 0.2) is 0 Å². The standard InChI is InChI=1S/C16H33NO5/c1-14(2,3)22-13(19)17-9-11-20-16(6,7)12-21-15(4,5)8-10-18/h18H,8-12H2,1-7H3,(H,17,19). The van der Waals surface area contributed by atoms with E-state index in [0.29, 0.717) is 26.2 Å². The Balaban J connectivity index is 3.96. The second-order valence-corrected chi connectivity index (χ2v) is 7.56. The third-order valence-electron chi connectivity index (χ3n) is 2.79. The molecule has 132 valence electrons. The number of carbonyl (C=O) groups excluding carboxylic acids is 1. The van der Waals surface area contributed by atoms with E-state index in [9.17, 15) is 4.79 Å². The fourth-order valence-corrected chi connectivity index (χ4v) is 1.55. The lowest BCUT2D eigenvalue weighted by atomic mass is 10.1. The van der Waals surface area contributed by atoms with Gasteiger partial charge in [0.05, 0.1) is 24.4 Å². The van der Waals surface area contributed by atoms with Crippen LogP contribution in [0.3, 0.4) is 0 Å². The molecule has 0 spiro atoms. The Hall–Kier alpha value is -0.850. The molecule has 0 rings (SSSR count). The molecule has 0 aromatic rings. The van der Waals surface area contributed by atoms with Gasteiger partial charge < -0.3 is 24.6 Å². The first-order chi connectivity index (χ1) is 9.87. The fraction of sp³-hybridized carbons (Fsp3) is 0.938. The molecule has 1 amide bonds. The first-order valence-electron chi connectivity index (χ1n) is 7.72. The quantitative estimate of drug-likeness (QED) is 0.639. The SMILES string of the molecule is CC(C)(C)OC(=O)NCCOC(C)(C)COC(C)(C)CCO. The van der Waals surface area contributed by atoms with Gasteiger partial charge in [-0.3, -0.25) is 0 Å². The first-order valence-corrected chi connectivity index (χ1v) is 7.72. The zero-order chi connectivity index (χ0) is 17.4. The van der Waals surface area contributed by atoms with Crippen molar-refractivity contribution < 1.29 is 24.1 Å². The minimum absolute atomic E-state index is 0.0914. The Kier molecular flexibility index (Phi) is 8.36. The molecule has 6 nitrogen and oxygen atoms in total. The van der Waals surface area contributed by atoms with Crippen LogP contribution in [-0.4, -0.2) is 54.4 Å². The number of alkyl carbamates (subject to hydrolysis) is 1. The van der Waals surface area contributed by atoms with Gasteiger partial charge in [-0.2, -0.15) is 0 Å². The minimum Gasteiger partial charge on any atom is -0.444 e. The van der Waals surface area contributed by atoms with Gasteiger partial charge >= 0.3 is 6.09 Å². The number of ether oxygens (including phenoxy) is 3. The van der Waals surface area contributed by atoms with Crippen LogP contribution in [0.5, 0.6) is 0 Å². The topological polar surface area (TPSA) is 77.0 Å². The highest BCUT2D eigenvalue weighted by Gasteiger charge is 2.25. The number of nitrogens with one attached hydrogen (secondary N) is 1. The van der Waals surface area contributed by atoms with Gasteiger partial charge in [0, 0.05) is 13.2 Å². The largest absolute Gasteiger partial charge is 0.444 e. The van der Waals surface area contributed by atoms with Crippen LogP contribution >= 0.6 is 0 Å². The summed E-state index contributed by atoms with van der Waals surface area (Å²) in [6.07, 6.45) is 0.123. The first kappa shape index (κ1) is 21.1. The minimum atomic E-state index is -0.504. The molecule has 0 fully saturated rings. The van der Waals surface area contributed by atoms with E-state index in [1.165, 1.54) is 0 Å². The molecule has 6 heteroatoms. The normalized spacial score (nSPS) is 13.1. The molecule has 0 aromatic carbocycles. The van der Waals surface area contributed by atoms with Crippen LogP contribution in [0.2, 0.25) is 0 Å². The molecule has 0 radical (unpaired) electrons. The second-order valence-electron chi connectivity index (χ2n) is 7.56. The van der Waals surface area contributed by atoms with Gasteiger partial charge in [-0.25, -0.2) is 4.79 Å². The Labute approximate surface area is 134 Å². The van der Waals surface area contributed by atoms with E-state index < -0.39 is 17.3 Å². The van der Waals surface area contributed by atoms with Crippen LogP contribution in [-0.2, 0) is 14.2 Å². The lowest BCUT2D eigenvalue weighted by Crippen LogP contribution is -2.39. The highest BCUT2D eigenvalue weighted by atomic mass is 16.6. The van der Waals surface area contributed by atoms with Crippen molar-refractivity contribution in [2.24, 2.45) is 0 Å². The molecule has 0 aromatic heterocycles. The molecular formula is C16H33NO5. The highest BCUT2D eigenvalue weighted by Crippen LogP contribution is 2.18. The Morgan fingerprint density at radius 3 is 2.09 bits per heavy atom. The maximum absolute atomic E-state index is 11.5. The third-order valence-corrected chi connectivity index (χ3v) is 2.79. The molecule has 0 unspecified atom stereocenters. The maximum atomic E-state index is 11.5. The van der Waals surface area contributed by atoms with E-state index in [2.05, 4.69) is 5.32 Å². The zero-order valence-electron chi connectivity index (χ0n) is 15.1. The van der Waals surface area contributed by atoms with Crippen LogP contribution in [0.25, 0.3) is 0 Å². The Morgan fingerprint density at radius 2 is 1.59 bits per heavy atom. The average molecular weight is 319 g/mol. The van der Waals surface area contributed by atoms with Crippen LogP contribution < -0.4 is 5.32 Å². The van der Waals surface area contributed by atoms with Crippen molar-refractivity contribution in [3.05, 3.63) is 0 Å². The molecule has 2 N–H and O–H groups in total. The van der Waals surface area contributed by atoms with E-state index in [1.807, 2.05) is 48.5 Å². The van der Waals surface area contributed by atoms with Crippen molar-refractivity contribution in [2.45, 2.75) is 71.7 Å². The van der Waals surface area contributed by atoms with Crippen LogP contribution in [0.4, 0.5) is 4.79 Å². The predicted octanol–water partition coefficient (Wildman–Crippen LogP) is 2.48. The average Bonchev–Trinajstić information content (AvgIpc) is 2.30. The molecule has 0 bridgehead atoms. The van der Waals surface area contributed by atoms with Crippen LogP contribution in [0, 0.1) is 0 Å². The fourth-order valence-electron chi connectivity index (χ4n) is 1.55. The molecule has 0 saturated heterocycles. The van der Waals surface area contributed by atoms with Crippen molar-refractivity contribution >= 4 is 6.09 Å². The summed E-state index contributed by atoms with van der Waals surface area (Å²) in [7, 11) is 0. The number of aliphatic hydroxyl groups excluding tert-OH is 1. The number of hydrogen-bond acceptors (Lipinski definition) is 5. The van der Waals surface area contributed by atoms with Crippen LogP contribution in [0.15, 0.2) is 0 Å². The van der Waals surface area contributed by atoms with Crippen molar-refractivity contribution in [1.29, 1.82) is 0 Å². The Morgan fingerprint density at radius 1 is 1.00 bits per heavy atom. The molecule has 0 aliphatic carbocycles. The van der Waals surface area contributed by atoms with Gasteiger partial charge in [-0.1, -0.05) is 0 Å². The summed E-state index contributed by atoms with van der Waals surface area (Å²) < 4.78 is 16.6. The molecular weight excluding hydrogens is 286 g/mol. The summed E-state index contributed by atoms with van der Waals surface area (Å²) >= 11 is 0. The van der Waals surface area contributed by atoms with E-state index in [4.69, 9.17) is 19.3 Å². The molecule has 22 heavy (non-hydrogen) atoms. The molecule has 0 atom stereocenters. The highest BCUT2D eigenvalue weighted by molar-refractivity contribution is 5.67. The van der Waals surface area contributed by atoms with Gasteiger partial charge in [-0.15, -0.1) is 0 Å². The number of rotatable bonds is 9. The van der Waals surface area contributed by atoms with E-state index in [0.717, 1.165) is 0 Å². The van der Waals surface area contributed by atoms with Crippen molar-refractivity contribution in [2.75, 3.05) is 26.4 Å². The van der Waals surface area contributed by atoms with Crippen molar-refractivity contribution in [3.8, 4) is 0 Å². The summed E-state index contributed by atoms with van der Waals surface area (Å²) in [5.41, 5.74) is -1.36. The van der Waals surface area contributed by atoms with Gasteiger partial charge in [-0.05, 0) is 54.9 Å². The zero-order valence-corrected chi connectivity index (χ0v) is 15.1. The van der Waals surface area contributed by atoms with Crippen LogP contribution in [0.1, 0.15) is 54.9 Å². The van der Waals surface area contributed by atoms with Crippen molar-refractivity contribution in [1.82, 2.24) is 5.32 Å². The molecule has 0 aliphatic rings. The van der Waals surface area contributed by atoms with Crippen molar-refractivity contribution in [3.63, 3.8) is 0 Å². The lowest BCUT2D eigenvalue weighted by molar-refractivity contribution is -0.123. The number of hydrogen-bond donors (Lipinski definition) is 2. The summed E-state index contributed by atoms with van der Waals surface area (Å²) in [6.45, 7) is 14.4. The summed E-state index contributed by atoms with van der Waals surface area (Å²) in [5, 5.41) is 11.6. The number of amides is 1. The Bertz CT molecular complexity index is 334. The van der Waals surface area contributed by atoms with Gasteiger partial charge in [0.1, 0.15) is 5.60 Å². The number of aliphatic hydroxyl groups is 1. The maximum Gasteiger partial charge on any atom is 0.407 e. The molecule has 0 saturated carbocycles. The summed E-state index contributed by atoms with van der Waals surface area (Å²) in [4.78, 5) is 11.5. The second kappa shape index (κ2) is 8.70. The third kappa shape index (κ3) is 11.8. The van der Waals surface area contributed by atoms with Gasteiger partial charge in [0.2, 0.25) is 0 Å². The van der Waals surface area contributed by atoms with E-state index in [-0.39, 0.29) is 12.2 Å². The monoisotopic (exact) mass is 319 g/mol. The molecule has 0 aliphatic heterocycles. The summed E-state index contributed by atoms with van der Waals surface area (Å²) in [6, 6.07) is 0. The van der Waals surface area contributed by atoms with E-state index >= 15 is 0 Å².